The van der Waals surface area contributed by atoms with E-state index in [-0.39, 0.29) is 6.04 Å². The number of hydrogen-bond acceptors (Lipinski definition) is 3. The highest BCUT2D eigenvalue weighted by Crippen LogP contribution is 2.22. The van der Waals surface area contributed by atoms with Gasteiger partial charge in [-0.2, -0.15) is 0 Å². The van der Waals surface area contributed by atoms with Crippen molar-refractivity contribution in [1.29, 1.82) is 0 Å². The lowest BCUT2D eigenvalue weighted by Crippen LogP contribution is -2.17. The van der Waals surface area contributed by atoms with E-state index in [0.29, 0.717) is 12.3 Å². The average Bonchev–Trinajstić information content (AvgIpc) is 2.65. The topological polar surface area (TPSA) is 52.0 Å². The molecular weight excluding hydrogens is 268 g/mol. The van der Waals surface area contributed by atoms with Crippen molar-refractivity contribution in [2.75, 3.05) is 0 Å². The first-order valence-electron chi connectivity index (χ1n) is 5.11. The maximum absolute atomic E-state index is 5.70. The van der Waals surface area contributed by atoms with Gasteiger partial charge in [-0.1, -0.05) is 22.0 Å². The van der Waals surface area contributed by atoms with E-state index >= 15 is 0 Å². The van der Waals surface area contributed by atoms with Crippen molar-refractivity contribution >= 4 is 15.9 Å². The molecule has 0 spiro atoms. The highest BCUT2D eigenvalue weighted by molar-refractivity contribution is 9.10. The standard InChI is InChI=1S/C12H13BrN2O/c1-8(14)5-11-7-15-12(16-11)9-3-2-4-10(13)6-9/h2-4,6-8H,5,14H2,1H3. The molecule has 16 heavy (non-hydrogen) atoms. The molecule has 1 aromatic carbocycles. The summed E-state index contributed by atoms with van der Waals surface area (Å²) in [6.07, 6.45) is 2.45. The lowest BCUT2D eigenvalue weighted by Gasteiger charge is -1.99. The summed E-state index contributed by atoms with van der Waals surface area (Å²) in [5, 5.41) is 0. The average molecular weight is 281 g/mol. The number of oxazole rings is 1. The summed E-state index contributed by atoms with van der Waals surface area (Å²) in [7, 11) is 0. The van der Waals surface area contributed by atoms with Crippen LogP contribution in [0.2, 0.25) is 0 Å². The number of benzene rings is 1. The molecule has 84 valence electrons. The van der Waals surface area contributed by atoms with Crippen molar-refractivity contribution in [2.45, 2.75) is 19.4 Å². The van der Waals surface area contributed by atoms with Gasteiger partial charge < -0.3 is 10.2 Å². The second-order valence-corrected chi connectivity index (χ2v) is 4.74. The molecule has 2 N–H and O–H groups in total. The largest absolute Gasteiger partial charge is 0.441 e. The molecule has 0 aliphatic carbocycles. The Hall–Kier alpha value is -1.13. The summed E-state index contributed by atoms with van der Waals surface area (Å²) in [6, 6.07) is 7.95. The van der Waals surface area contributed by atoms with Gasteiger partial charge in [-0.25, -0.2) is 4.98 Å². The fourth-order valence-electron chi connectivity index (χ4n) is 1.47. The van der Waals surface area contributed by atoms with Gasteiger partial charge >= 0.3 is 0 Å². The van der Waals surface area contributed by atoms with Crippen LogP contribution in [0.5, 0.6) is 0 Å². The Bertz CT molecular complexity index is 479. The van der Waals surface area contributed by atoms with Crippen LogP contribution in [0.25, 0.3) is 11.5 Å². The monoisotopic (exact) mass is 280 g/mol. The Morgan fingerprint density at radius 3 is 3.00 bits per heavy atom. The smallest absolute Gasteiger partial charge is 0.226 e. The molecule has 1 heterocycles. The molecule has 3 nitrogen and oxygen atoms in total. The molecule has 1 aromatic heterocycles. The quantitative estimate of drug-likeness (QED) is 0.940. The van der Waals surface area contributed by atoms with Gasteiger partial charge in [0.15, 0.2) is 0 Å². The zero-order chi connectivity index (χ0) is 11.5. The maximum Gasteiger partial charge on any atom is 0.226 e. The van der Waals surface area contributed by atoms with Gasteiger partial charge in [-0.05, 0) is 25.1 Å². The predicted molar refractivity (Wildman–Crippen MR) is 67.0 cm³/mol. The summed E-state index contributed by atoms with van der Waals surface area (Å²) < 4.78 is 6.63. The molecule has 2 aromatic rings. The highest BCUT2D eigenvalue weighted by atomic mass is 79.9. The van der Waals surface area contributed by atoms with Crippen LogP contribution >= 0.6 is 15.9 Å². The normalized spacial score (nSPS) is 12.7. The molecule has 1 unspecified atom stereocenters. The summed E-state index contributed by atoms with van der Waals surface area (Å²) in [6.45, 7) is 1.95. The van der Waals surface area contributed by atoms with E-state index < -0.39 is 0 Å². The van der Waals surface area contributed by atoms with Crippen molar-refractivity contribution in [2.24, 2.45) is 5.73 Å². The fourth-order valence-corrected chi connectivity index (χ4v) is 1.87. The molecule has 0 amide bonds. The molecule has 0 radical (unpaired) electrons. The minimum absolute atomic E-state index is 0.0864. The SMILES string of the molecule is CC(N)Cc1cnc(-c2cccc(Br)c2)o1. The van der Waals surface area contributed by atoms with E-state index in [1.54, 1.807) is 6.20 Å². The third kappa shape index (κ3) is 2.71. The molecule has 0 bridgehead atoms. The van der Waals surface area contributed by atoms with Gasteiger partial charge in [0, 0.05) is 22.5 Å². The van der Waals surface area contributed by atoms with Crippen LogP contribution in [-0.4, -0.2) is 11.0 Å². The van der Waals surface area contributed by atoms with Crippen LogP contribution in [0.1, 0.15) is 12.7 Å². The second-order valence-electron chi connectivity index (χ2n) is 3.82. The van der Waals surface area contributed by atoms with Crippen molar-refractivity contribution in [1.82, 2.24) is 4.98 Å². The fraction of sp³-hybridized carbons (Fsp3) is 0.250. The number of aromatic nitrogens is 1. The van der Waals surface area contributed by atoms with Crippen LogP contribution in [0.3, 0.4) is 0 Å². The molecular formula is C12H13BrN2O. The molecule has 0 aliphatic rings. The van der Waals surface area contributed by atoms with Crippen LogP contribution in [-0.2, 0) is 6.42 Å². The minimum atomic E-state index is 0.0864. The van der Waals surface area contributed by atoms with Crippen molar-refractivity contribution in [3.63, 3.8) is 0 Å². The molecule has 0 saturated carbocycles. The molecule has 0 aliphatic heterocycles. The number of halogens is 1. The highest BCUT2D eigenvalue weighted by Gasteiger charge is 2.08. The summed E-state index contributed by atoms with van der Waals surface area (Å²) >= 11 is 3.42. The van der Waals surface area contributed by atoms with E-state index in [2.05, 4.69) is 20.9 Å². The molecule has 2 rings (SSSR count). The van der Waals surface area contributed by atoms with Crippen LogP contribution < -0.4 is 5.73 Å². The summed E-state index contributed by atoms with van der Waals surface area (Å²) in [5.41, 5.74) is 6.66. The van der Waals surface area contributed by atoms with Crippen molar-refractivity contribution < 1.29 is 4.42 Å². The lowest BCUT2D eigenvalue weighted by molar-refractivity contribution is 0.500. The van der Waals surface area contributed by atoms with Crippen LogP contribution in [0.15, 0.2) is 39.4 Å². The van der Waals surface area contributed by atoms with E-state index in [1.165, 1.54) is 0 Å². The van der Waals surface area contributed by atoms with Gasteiger partial charge in [0.1, 0.15) is 5.76 Å². The van der Waals surface area contributed by atoms with Crippen LogP contribution in [0, 0.1) is 0 Å². The van der Waals surface area contributed by atoms with Gasteiger partial charge in [0.25, 0.3) is 0 Å². The Morgan fingerprint density at radius 2 is 2.31 bits per heavy atom. The molecule has 0 saturated heterocycles. The number of hydrogen-bond donors (Lipinski definition) is 1. The second kappa shape index (κ2) is 4.80. The first kappa shape index (κ1) is 11.4. The van der Waals surface area contributed by atoms with E-state index in [9.17, 15) is 0 Å². The predicted octanol–water partition coefficient (Wildman–Crippen LogP) is 2.99. The van der Waals surface area contributed by atoms with Gasteiger partial charge in [0.05, 0.1) is 6.20 Å². The Labute approximate surface area is 103 Å². The van der Waals surface area contributed by atoms with E-state index in [0.717, 1.165) is 15.8 Å². The minimum Gasteiger partial charge on any atom is -0.441 e. The summed E-state index contributed by atoms with van der Waals surface area (Å²) in [4.78, 5) is 4.24. The molecule has 4 heteroatoms. The van der Waals surface area contributed by atoms with E-state index in [1.807, 2.05) is 31.2 Å². The molecule has 1 atom stereocenters. The van der Waals surface area contributed by atoms with Crippen LogP contribution in [0.4, 0.5) is 0 Å². The Balaban J connectivity index is 2.24. The zero-order valence-corrected chi connectivity index (χ0v) is 10.6. The third-order valence-electron chi connectivity index (χ3n) is 2.15. The van der Waals surface area contributed by atoms with Gasteiger partial charge in [0.2, 0.25) is 5.89 Å². The molecule has 0 fully saturated rings. The summed E-state index contributed by atoms with van der Waals surface area (Å²) in [5.74, 6) is 1.46. The maximum atomic E-state index is 5.70. The number of nitrogens with zero attached hydrogens (tertiary/aromatic N) is 1. The lowest BCUT2D eigenvalue weighted by atomic mass is 10.2. The first-order chi connectivity index (χ1) is 7.65. The van der Waals surface area contributed by atoms with Crippen molar-refractivity contribution in [3.05, 3.63) is 40.7 Å². The Morgan fingerprint density at radius 1 is 1.50 bits per heavy atom. The van der Waals surface area contributed by atoms with E-state index in [4.69, 9.17) is 10.2 Å². The number of rotatable bonds is 3. The first-order valence-corrected chi connectivity index (χ1v) is 5.90. The van der Waals surface area contributed by atoms with Gasteiger partial charge in [-0.15, -0.1) is 0 Å². The Kier molecular flexibility index (Phi) is 3.41. The third-order valence-corrected chi connectivity index (χ3v) is 2.64. The zero-order valence-electron chi connectivity index (χ0n) is 8.98. The van der Waals surface area contributed by atoms with Gasteiger partial charge in [-0.3, -0.25) is 0 Å². The number of nitrogens with two attached hydrogens (primary N) is 1. The van der Waals surface area contributed by atoms with Crippen molar-refractivity contribution in [3.8, 4) is 11.5 Å².